The molecule has 3 heterocycles. The minimum atomic E-state index is -0.0204. The van der Waals surface area contributed by atoms with Crippen LogP contribution in [0.2, 0.25) is 0 Å². The smallest absolute Gasteiger partial charge is 0.263 e. The van der Waals surface area contributed by atoms with Crippen molar-refractivity contribution in [1.29, 1.82) is 5.26 Å². The summed E-state index contributed by atoms with van der Waals surface area (Å²) in [6, 6.07) is 13.7. The Kier molecular flexibility index (Phi) is 4.64. The summed E-state index contributed by atoms with van der Waals surface area (Å²) in [6.45, 7) is 0. The number of benzene rings is 1. The van der Waals surface area contributed by atoms with Crippen LogP contribution in [0.15, 0.2) is 57.1 Å². The first kappa shape index (κ1) is 17.0. The van der Waals surface area contributed by atoms with Crippen molar-refractivity contribution in [1.82, 2.24) is 9.55 Å². The second kappa shape index (κ2) is 7.08. The van der Waals surface area contributed by atoms with E-state index in [2.05, 4.69) is 6.07 Å². The normalized spacial score (nSPS) is 10.9. The Morgan fingerprint density at radius 2 is 2.15 bits per heavy atom. The average Bonchev–Trinajstić information content (AvgIpc) is 3.33. The number of thiophene rings is 2. The maximum absolute atomic E-state index is 12.9. The van der Waals surface area contributed by atoms with Crippen molar-refractivity contribution in [2.24, 2.45) is 7.05 Å². The second-order valence-corrected chi connectivity index (χ2v) is 8.41. The highest BCUT2D eigenvalue weighted by molar-refractivity contribution is 7.98. The van der Waals surface area contributed by atoms with Crippen LogP contribution in [0.3, 0.4) is 0 Å². The topological polar surface area (TPSA) is 58.7 Å². The molecule has 26 heavy (non-hydrogen) atoms. The maximum atomic E-state index is 12.9. The number of rotatable bonds is 4. The molecule has 0 saturated heterocycles. The molecule has 0 spiro atoms. The van der Waals surface area contributed by atoms with Crippen molar-refractivity contribution >= 4 is 44.7 Å². The number of nitriles is 1. The lowest BCUT2D eigenvalue weighted by Crippen LogP contribution is -2.19. The van der Waals surface area contributed by atoms with Gasteiger partial charge in [-0.2, -0.15) is 5.26 Å². The molecule has 0 aliphatic rings. The number of aromatic nitrogens is 2. The lowest BCUT2D eigenvalue weighted by Gasteiger charge is -2.08. The SMILES string of the molecule is Cn1c(SCc2cccc(C#N)c2)nc2scc(-c3cccs3)c2c1=O. The van der Waals surface area contributed by atoms with E-state index in [1.165, 1.54) is 23.1 Å². The predicted octanol–water partition coefficient (Wildman–Crippen LogP) is 4.89. The van der Waals surface area contributed by atoms with E-state index in [1.807, 2.05) is 41.1 Å². The molecular weight excluding hydrogens is 382 g/mol. The molecule has 0 radical (unpaired) electrons. The third-order valence-corrected chi connectivity index (χ3v) is 6.86. The zero-order chi connectivity index (χ0) is 18.1. The molecule has 4 aromatic rings. The summed E-state index contributed by atoms with van der Waals surface area (Å²) >= 11 is 4.63. The van der Waals surface area contributed by atoms with Gasteiger partial charge in [0.1, 0.15) is 4.83 Å². The number of fused-ring (bicyclic) bond motifs is 1. The Morgan fingerprint density at radius 1 is 1.27 bits per heavy atom. The summed E-state index contributed by atoms with van der Waals surface area (Å²) in [4.78, 5) is 19.5. The van der Waals surface area contributed by atoms with Crippen molar-refractivity contribution in [2.45, 2.75) is 10.9 Å². The third kappa shape index (κ3) is 3.07. The number of nitrogens with zero attached hydrogens (tertiary/aromatic N) is 3. The molecule has 0 aliphatic carbocycles. The van der Waals surface area contributed by atoms with Gasteiger partial charge in [0.05, 0.1) is 17.0 Å². The van der Waals surface area contributed by atoms with Gasteiger partial charge in [0.2, 0.25) is 0 Å². The molecule has 0 fully saturated rings. The number of thioether (sulfide) groups is 1. The molecule has 0 saturated carbocycles. The minimum Gasteiger partial charge on any atom is -0.290 e. The Labute approximate surface area is 162 Å². The fraction of sp³-hybridized carbons (Fsp3) is 0.105. The van der Waals surface area contributed by atoms with Crippen molar-refractivity contribution in [3.63, 3.8) is 0 Å². The van der Waals surface area contributed by atoms with Gasteiger partial charge in [0.15, 0.2) is 5.16 Å². The average molecular weight is 396 g/mol. The zero-order valence-electron chi connectivity index (χ0n) is 13.8. The van der Waals surface area contributed by atoms with Crippen molar-refractivity contribution < 1.29 is 0 Å². The van der Waals surface area contributed by atoms with Gasteiger partial charge in [-0.1, -0.05) is 30.0 Å². The van der Waals surface area contributed by atoms with Crippen LogP contribution in [0.1, 0.15) is 11.1 Å². The maximum Gasteiger partial charge on any atom is 0.263 e. The molecule has 7 heteroatoms. The van der Waals surface area contributed by atoms with Crippen molar-refractivity contribution in [3.8, 4) is 16.5 Å². The van der Waals surface area contributed by atoms with Crippen LogP contribution in [-0.4, -0.2) is 9.55 Å². The quantitative estimate of drug-likeness (QED) is 0.365. The fourth-order valence-corrected chi connectivity index (χ4v) is 5.39. The third-order valence-electron chi connectivity index (χ3n) is 3.98. The Bertz CT molecular complexity index is 1180. The molecule has 0 unspecified atom stereocenters. The van der Waals surface area contributed by atoms with Crippen LogP contribution < -0.4 is 5.56 Å². The lowest BCUT2D eigenvalue weighted by molar-refractivity contribution is 0.728. The Hall–Kier alpha value is -2.40. The van der Waals surface area contributed by atoms with Gasteiger partial charge in [-0.05, 0) is 29.1 Å². The van der Waals surface area contributed by atoms with E-state index in [0.717, 1.165) is 20.8 Å². The predicted molar refractivity (Wildman–Crippen MR) is 109 cm³/mol. The van der Waals surface area contributed by atoms with E-state index in [0.29, 0.717) is 21.9 Å². The molecule has 1 aromatic carbocycles. The number of hydrogen-bond acceptors (Lipinski definition) is 6. The van der Waals surface area contributed by atoms with E-state index in [1.54, 1.807) is 29.0 Å². The van der Waals surface area contributed by atoms with E-state index in [9.17, 15) is 4.79 Å². The minimum absolute atomic E-state index is 0.0204. The summed E-state index contributed by atoms with van der Waals surface area (Å²) in [5.74, 6) is 0.657. The summed E-state index contributed by atoms with van der Waals surface area (Å²) in [5, 5.41) is 14.4. The van der Waals surface area contributed by atoms with Crippen LogP contribution in [-0.2, 0) is 12.8 Å². The molecule has 0 aliphatic heterocycles. The van der Waals surface area contributed by atoms with E-state index < -0.39 is 0 Å². The summed E-state index contributed by atoms with van der Waals surface area (Å²) < 4.78 is 1.62. The molecule has 0 N–H and O–H groups in total. The first-order chi connectivity index (χ1) is 12.7. The van der Waals surface area contributed by atoms with Gasteiger partial charge < -0.3 is 0 Å². The fourth-order valence-electron chi connectivity index (χ4n) is 2.67. The van der Waals surface area contributed by atoms with Gasteiger partial charge >= 0.3 is 0 Å². The monoisotopic (exact) mass is 395 g/mol. The number of hydrogen-bond donors (Lipinski definition) is 0. The summed E-state index contributed by atoms with van der Waals surface area (Å²) in [7, 11) is 1.76. The molecule has 0 atom stereocenters. The second-order valence-electron chi connectivity index (χ2n) is 5.67. The lowest BCUT2D eigenvalue weighted by atomic mass is 10.2. The molecule has 0 amide bonds. The van der Waals surface area contributed by atoms with Crippen LogP contribution in [0.4, 0.5) is 0 Å². The first-order valence-electron chi connectivity index (χ1n) is 7.81. The van der Waals surface area contributed by atoms with Crippen LogP contribution in [0.25, 0.3) is 20.7 Å². The van der Waals surface area contributed by atoms with Gasteiger partial charge in [-0.15, -0.1) is 22.7 Å². The van der Waals surface area contributed by atoms with Gasteiger partial charge in [-0.25, -0.2) is 4.98 Å². The zero-order valence-corrected chi connectivity index (χ0v) is 16.3. The standard InChI is InChI=1S/C19H13N3OS3/c1-22-18(23)16-14(15-6-3-7-24-15)11-25-17(16)21-19(22)26-10-13-5-2-4-12(8-13)9-20/h2-8,11H,10H2,1H3. The highest BCUT2D eigenvalue weighted by Gasteiger charge is 2.16. The molecule has 0 bridgehead atoms. The molecule has 4 rings (SSSR count). The highest BCUT2D eigenvalue weighted by Crippen LogP contribution is 2.34. The van der Waals surface area contributed by atoms with Gasteiger partial charge in [0.25, 0.3) is 5.56 Å². The highest BCUT2D eigenvalue weighted by atomic mass is 32.2. The Morgan fingerprint density at radius 3 is 2.92 bits per heavy atom. The largest absolute Gasteiger partial charge is 0.290 e. The van der Waals surface area contributed by atoms with Crippen LogP contribution in [0, 0.1) is 11.3 Å². The van der Waals surface area contributed by atoms with Crippen LogP contribution >= 0.6 is 34.4 Å². The van der Waals surface area contributed by atoms with Crippen LogP contribution in [0.5, 0.6) is 0 Å². The van der Waals surface area contributed by atoms with Gasteiger partial charge in [0, 0.05) is 28.6 Å². The molecule has 128 valence electrons. The van der Waals surface area contributed by atoms with E-state index in [-0.39, 0.29) is 5.56 Å². The van der Waals surface area contributed by atoms with E-state index in [4.69, 9.17) is 10.2 Å². The molecule has 4 nitrogen and oxygen atoms in total. The Balaban J connectivity index is 1.70. The summed E-state index contributed by atoms with van der Waals surface area (Å²) in [5.41, 5.74) is 2.62. The summed E-state index contributed by atoms with van der Waals surface area (Å²) in [6.07, 6.45) is 0. The van der Waals surface area contributed by atoms with Gasteiger partial charge in [-0.3, -0.25) is 9.36 Å². The van der Waals surface area contributed by atoms with Crippen molar-refractivity contribution in [3.05, 3.63) is 68.6 Å². The first-order valence-corrected chi connectivity index (χ1v) is 10.6. The molecular formula is C19H13N3OS3. The molecule has 3 aromatic heterocycles. The van der Waals surface area contributed by atoms with E-state index >= 15 is 0 Å². The van der Waals surface area contributed by atoms with Crippen molar-refractivity contribution in [2.75, 3.05) is 0 Å².